The van der Waals surface area contributed by atoms with Crippen LogP contribution in [-0.4, -0.2) is 35.0 Å². The van der Waals surface area contributed by atoms with Crippen molar-refractivity contribution in [2.24, 2.45) is 23.2 Å². The van der Waals surface area contributed by atoms with Crippen molar-refractivity contribution < 1.29 is 14.7 Å². The van der Waals surface area contributed by atoms with Crippen LogP contribution in [0.25, 0.3) is 0 Å². The van der Waals surface area contributed by atoms with E-state index in [1.54, 1.807) is 0 Å². The lowest BCUT2D eigenvalue weighted by Gasteiger charge is -2.27. The van der Waals surface area contributed by atoms with E-state index in [4.69, 9.17) is 0 Å². The predicted molar refractivity (Wildman–Crippen MR) is 63.0 cm³/mol. The molecule has 2 amide bonds. The zero-order chi connectivity index (χ0) is 12.8. The van der Waals surface area contributed by atoms with E-state index < -0.39 is 5.41 Å². The van der Waals surface area contributed by atoms with Gasteiger partial charge in [-0.1, -0.05) is 20.8 Å². The predicted octanol–water partition coefficient (Wildman–Crippen LogP) is 1.04. The molecule has 2 aliphatic rings. The molecule has 96 valence electrons. The van der Waals surface area contributed by atoms with Gasteiger partial charge in [-0.05, 0) is 18.8 Å². The van der Waals surface area contributed by atoms with Crippen LogP contribution in [0.15, 0.2) is 0 Å². The maximum absolute atomic E-state index is 12.2. The number of fused-ring (bicyclic) bond motifs is 1. The molecule has 2 atom stereocenters. The second-order valence-electron chi connectivity index (χ2n) is 6.37. The molecule has 0 aromatic heterocycles. The summed E-state index contributed by atoms with van der Waals surface area (Å²) < 4.78 is 0. The molecule has 2 rings (SSSR count). The number of hydrogen-bond acceptors (Lipinski definition) is 3. The Balaban J connectivity index is 2.12. The normalized spacial score (nSPS) is 33.4. The molecule has 17 heavy (non-hydrogen) atoms. The zero-order valence-electron chi connectivity index (χ0n) is 10.8. The smallest absolute Gasteiger partial charge is 0.233 e. The number of carbonyl (C=O) groups excluding carboxylic acids is 2. The molecule has 1 aliphatic heterocycles. The molecule has 4 heteroatoms. The number of nitrogens with zero attached hydrogens (tertiary/aromatic N) is 1. The Morgan fingerprint density at radius 1 is 1.24 bits per heavy atom. The second-order valence-corrected chi connectivity index (χ2v) is 6.37. The van der Waals surface area contributed by atoms with E-state index in [0.717, 1.165) is 12.8 Å². The van der Waals surface area contributed by atoms with Gasteiger partial charge in [0.25, 0.3) is 0 Å². The number of amides is 2. The first-order valence-electron chi connectivity index (χ1n) is 6.32. The number of aliphatic hydroxyl groups is 1. The van der Waals surface area contributed by atoms with Crippen LogP contribution in [-0.2, 0) is 9.59 Å². The Kier molecular flexibility index (Phi) is 3.02. The molecule has 0 bridgehead atoms. The fourth-order valence-electron chi connectivity index (χ4n) is 2.98. The van der Waals surface area contributed by atoms with Crippen LogP contribution >= 0.6 is 0 Å². The summed E-state index contributed by atoms with van der Waals surface area (Å²) in [5, 5.41) is 9.22. The van der Waals surface area contributed by atoms with Crippen molar-refractivity contribution in [2.45, 2.75) is 33.6 Å². The van der Waals surface area contributed by atoms with Gasteiger partial charge in [0.2, 0.25) is 11.8 Å². The number of likely N-dealkylation sites (tertiary alicyclic amines) is 1. The third kappa shape index (κ3) is 2.10. The third-order valence-electron chi connectivity index (χ3n) is 3.98. The van der Waals surface area contributed by atoms with Crippen LogP contribution < -0.4 is 0 Å². The molecule has 1 saturated carbocycles. The third-order valence-corrected chi connectivity index (χ3v) is 3.98. The molecule has 1 heterocycles. The van der Waals surface area contributed by atoms with Crippen LogP contribution in [0.3, 0.4) is 0 Å². The molecule has 0 spiro atoms. The number of imide groups is 1. The van der Waals surface area contributed by atoms with E-state index >= 15 is 0 Å². The van der Waals surface area contributed by atoms with Crippen LogP contribution in [0.5, 0.6) is 0 Å². The molecule has 0 aromatic rings. The van der Waals surface area contributed by atoms with Crippen molar-refractivity contribution in [3.8, 4) is 0 Å². The highest BCUT2D eigenvalue weighted by atomic mass is 16.3. The van der Waals surface area contributed by atoms with Crippen LogP contribution in [0.1, 0.15) is 33.6 Å². The summed E-state index contributed by atoms with van der Waals surface area (Å²) in [5.41, 5.74) is -0.407. The first-order chi connectivity index (χ1) is 7.85. The van der Waals surface area contributed by atoms with Gasteiger partial charge in [-0.25, -0.2) is 0 Å². The van der Waals surface area contributed by atoms with Crippen LogP contribution in [0, 0.1) is 23.2 Å². The van der Waals surface area contributed by atoms with E-state index in [2.05, 4.69) is 6.92 Å². The summed E-state index contributed by atoms with van der Waals surface area (Å²) in [6.45, 7) is 6.15. The summed E-state index contributed by atoms with van der Waals surface area (Å²) in [7, 11) is 0. The highest BCUT2D eigenvalue weighted by Crippen LogP contribution is 2.43. The van der Waals surface area contributed by atoms with Gasteiger partial charge >= 0.3 is 0 Å². The Hall–Kier alpha value is -0.900. The zero-order valence-corrected chi connectivity index (χ0v) is 10.8. The summed E-state index contributed by atoms with van der Waals surface area (Å²) in [4.78, 5) is 25.7. The molecule has 2 unspecified atom stereocenters. The van der Waals surface area contributed by atoms with Crippen molar-refractivity contribution in [2.75, 3.05) is 13.2 Å². The summed E-state index contributed by atoms with van der Waals surface area (Å²) >= 11 is 0. The minimum absolute atomic E-state index is 0.0181. The Labute approximate surface area is 102 Å². The molecule has 1 N–H and O–H groups in total. The largest absolute Gasteiger partial charge is 0.396 e. The van der Waals surface area contributed by atoms with Crippen LogP contribution in [0.4, 0.5) is 0 Å². The second kappa shape index (κ2) is 4.09. The molecule has 4 nitrogen and oxygen atoms in total. The van der Waals surface area contributed by atoms with Crippen molar-refractivity contribution in [1.82, 2.24) is 4.90 Å². The van der Waals surface area contributed by atoms with Gasteiger partial charge in [0.15, 0.2) is 0 Å². The monoisotopic (exact) mass is 239 g/mol. The average molecular weight is 239 g/mol. The highest BCUT2D eigenvalue weighted by molar-refractivity contribution is 6.05. The van der Waals surface area contributed by atoms with Crippen molar-refractivity contribution in [1.29, 1.82) is 0 Å². The summed E-state index contributed by atoms with van der Waals surface area (Å²) in [6, 6.07) is 0. The summed E-state index contributed by atoms with van der Waals surface area (Å²) in [6.07, 6.45) is 1.68. The number of hydrogen-bond donors (Lipinski definition) is 1. The first kappa shape index (κ1) is 12.6. The maximum Gasteiger partial charge on any atom is 0.233 e. The van der Waals surface area contributed by atoms with Gasteiger partial charge < -0.3 is 5.11 Å². The van der Waals surface area contributed by atoms with Gasteiger partial charge in [-0.2, -0.15) is 0 Å². The fraction of sp³-hybridized carbons (Fsp3) is 0.846. The molecule has 0 aromatic carbocycles. The van der Waals surface area contributed by atoms with Gasteiger partial charge in [-0.3, -0.25) is 14.5 Å². The SMILES string of the molecule is CC1CC2C(=O)N(CC(C)(C)CO)C(=O)C2C1. The van der Waals surface area contributed by atoms with Crippen molar-refractivity contribution in [3.63, 3.8) is 0 Å². The minimum atomic E-state index is -0.407. The van der Waals surface area contributed by atoms with Gasteiger partial charge in [0.05, 0.1) is 11.8 Å². The first-order valence-corrected chi connectivity index (χ1v) is 6.32. The van der Waals surface area contributed by atoms with E-state index in [1.807, 2.05) is 13.8 Å². The highest BCUT2D eigenvalue weighted by Gasteiger charge is 2.52. The molecule has 1 saturated heterocycles. The molecular weight excluding hydrogens is 218 g/mol. The molecule has 1 aliphatic carbocycles. The lowest BCUT2D eigenvalue weighted by molar-refractivity contribution is -0.142. The fourth-order valence-corrected chi connectivity index (χ4v) is 2.98. The Morgan fingerprint density at radius 3 is 2.12 bits per heavy atom. The maximum atomic E-state index is 12.2. The van der Waals surface area contributed by atoms with Gasteiger partial charge in [0.1, 0.15) is 0 Å². The molecular formula is C13H21NO3. The number of rotatable bonds is 3. The lowest BCUT2D eigenvalue weighted by Crippen LogP contribution is -2.41. The van der Waals surface area contributed by atoms with Crippen LogP contribution in [0.2, 0.25) is 0 Å². The molecule has 2 fully saturated rings. The van der Waals surface area contributed by atoms with Crippen molar-refractivity contribution in [3.05, 3.63) is 0 Å². The van der Waals surface area contributed by atoms with Gasteiger partial charge in [0, 0.05) is 18.6 Å². The Bertz CT molecular complexity index is 327. The van der Waals surface area contributed by atoms with E-state index in [-0.39, 0.29) is 30.3 Å². The Morgan fingerprint density at radius 2 is 1.71 bits per heavy atom. The van der Waals surface area contributed by atoms with Crippen molar-refractivity contribution >= 4 is 11.8 Å². The quantitative estimate of drug-likeness (QED) is 0.749. The average Bonchev–Trinajstić information content (AvgIpc) is 2.73. The topological polar surface area (TPSA) is 57.6 Å². The number of carbonyl (C=O) groups is 2. The number of aliphatic hydroxyl groups excluding tert-OH is 1. The van der Waals surface area contributed by atoms with E-state index in [9.17, 15) is 14.7 Å². The van der Waals surface area contributed by atoms with Gasteiger partial charge in [-0.15, -0.1) is 0 Å². The summed E-state index contributed by atoms with van der Waals surface area (Å²) in [5.74, 6) is 0.252. The standard InChI is InChI=1S/C13H21NO3/c1-8-4-9-10(5-8)12(17)14(11(9)16)6-13(2,3)7-15/h8-10,15H,4-7H2,1-3H3. The minimum Gasteiger partial charge on any atom is -0.396 e. The van der Waals surface area contributed by atoms with E-state index in [1.165, 1.54) is 4.90 Å². The lowest BCUT2D eigenvalue weighted by atomic mass is 9.94. The van der Waals surface area contributed by atoms with E-state index in [0.29, 0.717) is 12.5 Å². The molecule has 0 radical (unpaired) electrons.